The first-order valence-corrected chi connectivity index (χ1v) is 7.41. The van der Waals surface area contributed by atoms with Gasteiger partial charge in [0.25, 0.3) is 5.91 Å². The van der Waals surface area contributed by atoms with Crippen molar-refractivity contribution < 1.29 is 4.79 Å². The Morgan fingerprint density at radius 2 is 2.22 bits per heavy atom. The Kier molecular flexibility index (Phi) is 2.97. The first kappa shape index (κ1) is 11.9. The molecule has 6 heteroatoms. The van der Waals surface area contributed by atoms with E-state index in [4.69, 9.17) is 0 Å². The second-order valence-corrected chi connectivity index (χ2v) is 6.24. The van der Waals surface area contributed by atoms with Gasteiger partial charge in [-0.05, 0) is 43.9 Å². The quantitative estimate of drug-likeness (QED) is 0.825. The van der Waals surface area contributed by atoms with E-state index in [0.29, 0.717) is 15.6 Å². The molecular formula is C12H18N4OS. The maximum atomic E-state index is 11.9. The Labute approximate surface area is 110 Å². The Balaban J connectivity index is 1.54. The van der Waals surface area contributed by atoms with Crippen molar-refractivity contribution in [2.75, 3.05) is 18.4 Å². The van der Waals surface area contributed by atoms with Crippen LogP contribution in [0.1, 0.15) is 42.4 Å². The van der Waals surface area contributed by atoms with Gasteiger partial charge >= 0.3 is 0 Å². The first-order chi connectivity index (χ1) is 8.73. The molecule has 0 aliphatic heterocycles. The molecular weight excluding hydrogens is 248 g/mol. The molecule has 1 heterocycles. The van der Waals surface area contributed by atoms with Crippen LogP contribution in [0.4, 0.5) is 5.13 Å². The molecule has 2 N–H and O–H groups in total. The normalized spacial score (nSPS) is 20.5. The highest BCUT2D eigenvalue weighted by Crippen LogP contribution is 2.60. The second kappa shape index (κ2) is 4.50. The summed E-state index contributed by atoms with van der Waals surface area (Å²) in [4.78, 5) is 11.9. The first-order valence-electron chi connectivity index (χ1n) is 6.59. The Bertz CT molecular complexity index is 451. The van der Waals surface area contributed by atoms with Crippen LogP contribution < -0.4 is 10.6 Å². The zero-order chi connectivity index (χ0) is 12.6. The molecule has 0 unspecified atom stereocenters. The molecule has 0 saturated heterocycles. The molecule has 1 aromatic rings. The van der Waals surface area contributed by atoms with E-state index in [1.807, 2.05) is 6.92 Å². The second-order valence-electron chi connectivity index (χ2n) is 5.26. The van der Waals surface area contributed by atoms with Crippen LogP contribution in [0, 0.1) is 11.3 Å². The molecule has 98 valence electrons. The lowest BCUT2D eigenvalue weighted by Gasteiger charge is -2.13. The fourth-order valence-corrected chi connectivity index (χ4v) is 3.18. The van der Waals surface area contributed by atoms with Crippen LogP contribution in [-0.2, 0) is 0 Å². The molecule has 0 bridgehead atoms. The molecule has 1 aromatic heterocycles. The van der Waals surface area contributed by atoms with Crippen molar-refractivity contribution in [3.63, 3.8) is 0 Å². The van der Waals surface area contributed by atoms with Crippen molar-refractivity contribution >= 4 is 22.4 Å². The maximum absolute atomic E-state index is 11.9. The third-order valence-electron chi connectivity index (χ3n) is 3.88. The molecule has 2 aliphatic carbocycles. The summed E-state index contributed by atoms with van der Waals surface area (Å²) < 4.78 is 0. The Morgan fingerprint density at radius 1 is 1.44 bits per heavy atom. The molecule has 0 aromatic carbocycles. The predicted octanol–water partition coefficient (Wildman–Crippen LogP) is 1.89. The lowest BCUT2D eigenvalue weighted by molar-refractivity contribution is 0.0941. The third kappa shape index (κ3) is 2.34. The summed E-state index contributed by atoms with van der Waals surface area (Å²) in [5, 5.41) is 15.1. The SMILES string of the molecule is CCNc1nnc(C(=O)NCC2(C3CC3)CC2)s1. The minimum atomic E-state index is -0.0800. The van der Waals surface area contributed by atoms with E-state index in [0.717, 1.165) is 19.0 Å². The summed E-state index contributed by atoms with van der Waals surface area (Å²) in [6, 6.07) is 0. The zero-order valence-corrected chi connectivity index (χ0v) is 11.3. The van der Waals surface area contributed by atoms with Gasteiger partial charge in [0.2, 0.25) is 10.1 Å². The standard InChI is InChI=1S/C12H18N4OS/c1-2-13-11-16-15-10(18-11)9(17)14-7-12(5-6-12)8-3-4-8/h8H,2-7H2,1H3,(H,13,16)(H,14,17). The Morgan fingerprint density at radius 3 is 2.83 bits per heavy atom. The number of carbonyl (C=O) groups is 1. The lowest BCUT2D eigenvalue weighted by Crippen LogP contribution is -2.31. The minimum absolute atomic E-state index is 0.0800. The average Bonchev–Trinajstić information content (AvgIpc) is 3.25. The molecule has 2 aliphatic rings. The highest BCUT2D eigenvalue weighted by molar-refractivity contribution is 7.17. The van der Waals surface area contributed by atoms with E-state index in [2.05, 4.69) is 20.8 Å². The van der Waals surface area contributed by atoms with Gasteiger partial charge in [-0.2, -0.15) is 0 Å². The number of amides is 1. The van der Waals surface area contributed by atoms with Crippen LogP contribution in [0.2, 0.25) is 0 Å². The van der Waals surface area contributed by atoms with Crippen molar-refractivity contribution in [1.82, 2.24) is 15.5 Å². The number of nitrogens with one attached hydrogen (secondary N) is 2. The van der Waals surface area contributed by atoms with E-state index in [-0.39, 0.29) is 5.91 Å². The summed E-state index contributed by atoms with van der Waals surface area (Å²) >= 11 is 1.32. The molecule has 2 fully saturated rings. The van der Waals surface area contributed by atoms with Crippen molar-refractivity contribution in [3.8, 4) is 0 Å². The van der Waals surface area contributed by atoms with E-state index >= 15 is 0 Å². The summed E-state index contributed by atoms with van der Waals surface area (Å²) in [7, 11) is 0. The van der Waals surface area contributed by atoms with E-state index in [1.54, 1.807) is 0 Å². The molecule has 3 rings (SSSR count). The summed E-state index contributed by atoms with van der Waals surface area (Å²) in [6.45, 7) is 3.60. The van der Waals surface area contributed by atoms with Crippen LogP contribution in [0.3, 0.4) is 0 Å². The maximum Gasteiger partial charge on any atom is 0.282 e. The van der Waals surface area contributed by atoms with Gasteiger partial charge in [0, 0.05) is 13.1 Å². The average molecular weight is 266 g/mol. The largest absolute Gasteiger partial charge is 0.360 e. The number of nitrogens with zero attached hydrogens (tertiary/aromatic N) is 2. The van der Waals surface area contributed by atoms with Gasteiger partial charge in [-0.15, -0.1) is 10.2 Å². The van der Waals surface area contributed by atoms with Crippen LogP contribution in [-0.4, -0.2) is 29.2 Å². The van der Waals surface area contributed by atoms with Gasteiger partial charge in [0.05, 0.1) is 0 Å². The number of hydrogen-bond donors (Lipinski definition) is 2. The highest BCUT2D eigenvalue weighted by atomic mass is 32.1. The fraction of sp³-hybridized carbons (Fsp3) is 0.750. The molecule has 18 heavy (non-hydrogen) atoms. The van der Waals surface area contributed by atoms with Crippen molar-refractivity contribution in [3.05, 3.63) is 5.01 Å². The molecule has 0 atom stereocenters. The van der Waals surface area contributed by atoms with Gasteiger partial charge in [-0.1, -0.05) is 11.3 Å². The summed E-state index contributed by atoms with van der Waals surface area (Å²) in [5.74, 6) is 0.785. The smallest absolute Gasteiger partial charge is 0.282 e. The van der Waals surface area contributed by atoms with Crippen LogP contribution >= 0.6 is 11.3 Å². The molecule has 5 nitrogen and oxygen atoms in total. The minimum Gasteiger partial charge on any atom is -0.360 e. The number of carbonyl (C=O) groups excluding carboxylic acids is 1. The van der Waals surface area contributed by atoms with E-state index in [1.165, 1.54) is 37.0 Å². The van der Waals surface area contributed by atoms with Crippen LogP contribution in [0.15, 0.2) is 0 Å². The van der Waals surface area contributed by atoms with E-state index in [9.17, 15) is 4.79 Å². The van der Waals surface area contributed by atoms with E-state index < -0.39 is 0 Å². The number of hydrogen-bond acceptors (Lipinski definition) is 5. The summed E-state index contributed by atoms with van der Waals surface area (Å²) in [5.41, 5.74) is 0.435. The van der Waals surface area contributed by atoms with Crippen molar-refractivity contribution in [2.24, 2.45) is 11.3 Å². The number of aromatic nitrogens is 2. The monoisotopic (exact) mass is 266 g/mol. The molecule has 0 spiro atoms. The fourth-order valence-electron chi connectivity index (χ4n) is 2.46. The van der Waals surface area contributed by atoms with Crippen LogP contribution in [0.5, 0.6) is 0 Å². The van der Waals surface area contributed by atoms with Gasteiger partial charge in [-0.3, -0.25) is 4.79 Å². The predicted molar refractivity (Wildman–Crippen MR) is 70.8 cm³/mol. The summed E-state index contributed by atoms with van der Waals surface area (Å²) in [6.07, 6.45) is 5.24. The highest BCUT2D eigenvalue weighted by Gasteiger charge is 2.53. The lowest BCUT2D eigenvalue weighted by atomic mass is 10.0. The molecule has 0 radical (unpaired) electrons. The zero-order valence-electron chi connectivity index (χ0n) is 10.5. The van der Waals surface area contributed by atoms with Gasteiger partial charge in [0.15, 0.2) is 0 Å². The molecule has 1 amide bonds. The number of rotatable bonds is 6. The Hall–Kier alpha value is -1.17. The van der Waals surface area contributed by atoms with Crippen LogP contribution in [0.25, 0.3) is 0 Å². The third-order valence-corrected chi connectivity index (χ3v) is 4.76. The van der Waals surface area contributed by atoms with Gasteiger partial charge < -0.3 is 10.6 Å². The number of anilines is 1. The van der Waals surface area contributed by atoms with Crippen molar-refractivity contribution in [1.29, 1.82) is 0 Å². The van der Waals surface area contributed by atoms with Crippen molar-refractivity contribution in [2.45, 2.75) is 32.6 Å². The van der Waals surface area contributed by atoms with Gasteiger partial charge in [0.1, 0.15) is 0 Å². The van der Waals surface area contributed by atoms with Gasteiger partial charge in [-0.25, -0.2) is 0 Å². The topological polar surface area (TPSA) is 66.9 Å². The molecule has 2 saturated carbocycles.